The molecule has 0 saturated heterocycles. The van der Waals surface area contributed by atoms with Crippen LogP contribution in [-0.4, -0.2) is 36.8 Å². The average Bonchev–Trinajstić information content (AvgIpc) is 3.11. The van der Waals surface area contributed by atoms with Crippen molar-refractivity contribution in [2.24, 2.45) is 0 Å². The number of esters is 1. The number of nitrogens with zero attached hydrogens (tertiary/aromatic N) is 2. The van der Waals surface area contributed by atoms with Crippen molar-refractivity contribution < 1.29 is 19.0 Å². The van der Waals surface area contributed by atoms with Crippen molar-refractivity contribution in [1.82, 2.24) is 9.55 Å². The van der Waals surface area contributed by atoms with Crippen LogP contribution in [0.4, 0.5) is 4.39 Å². The smallest absolute Gasteiger partial charge is 0.343 e. The second-order valence-corrected chi connectivity index (χ2v) is 21.7. The lowest BCUT2D eigenvalue weighted by atomic mass is 9.86. The Labute approximate surface area is 205 Å². The fourth-order valence-corrected chi connectivity index (χ4v) is 9.50. The van der Waals surface area contributed by atoms with E-state index in [2.05, 4.69) is 39.3 Å². The third kappa shape index (κ3) is 3.31. The number of fused-ring (bicyclic) bond motifs is 5. The van der Waals surface area contributed by atoms with Gasteiger partial charge in [-0.25, -0.2) is 14.2 Å². The summed E-state index contributed by atoms with van der Waals surface area (Å²) in [6.45, 7) is 15.0. The Kier molecular flexibility index (Phi) is 5.12. The first-order valence-corrected chi connectivity index (χ1v) is 19.0. The van der Waals surface area contributed by atoms with Crippen molar-refractivity contribution in [1.29, 1.82) is 0 Å². The number of benzene rings is 1. The normalized spacial score (nSPS) is 19.4. The second-order valence-electron chi connectivity index (χ2n) is 11.7. The lowest BCUT2D eigenvalue weighted by Crippen LogP contribution is -2.45. The van der Waals surface area contributed by atoms with Crippen LogP contribution in [-0.2, 0) is 28.3 Å². The van der Waals surface area contributed by atoms with E-state index in [4.69, 9.17) is 9.72 Å². The van der Waals surface area contributed by atoms with Gasteiger partial charge in [0, 0.05) is 10.8 Å². The quantitative estimate of drug-likeness (QED) is 0.338. The molecule has 0 radical (unpaired) electrons. The molecule has 0 saturated carbocycles. The zero-order valence-electron chi connectivity index (χ0n) is 21.3. The summed E-state index contributed by atoms with van der Waals surface area (Å²) in [6, 6.07) is 5.13. The van der Waals surface area contributed by atoms with Gasteiger partial charge in [-0.2, -0.15) is 0 Å². The van der Waals surface area contributed by atoms with Crippen molar-refractivity contribution in [3.63, 3.8) is 0 Å². The molecule has 3 aromatic rings. The van der Waals surface area contributed by atoms with Gasteiger partial charge >= 0.3 is 5.97 Å². The van der Waals surface area contributed by atoms with E-state index in [0.29, 0.717) is 39.8 Å². The van der Waals surface area contributed by atoms with Crippen LogP contribution < -0.4 is 15.9 Å². The number of halogens is 1. The van der Waals surface area contributed by atoms with Gasteiger partial charge in [0.25, 0.3) is 5.56 Å². The van der Waals surface area contributed by atoms with E-state index in [1.165, 1.54) is 5.19 Å². The molecule has 0 spiro atoms. The maximum Gasteiger partial charge on any atom is 0.343 e. The number of cyclic esters (lactones) is 1. The van der Waals surface area contributed by atoms with Gasteiger partial charge in [0.15, 0.2) is 5.60 Å². The Morgan fingerprint density at radius 2 is 1.74 bits per heavy atom. The van der Waals surface area contributed by atoms with Crippen molar-refractivity contribution in [2.75, 3.05) is 0 Å². The summed E-state index contributed by atoms with van der Waals surface area (Å²) in [7, 11) is -4.09. The topological polar surface area (TPSA) is 81.4 Å². The van der Waals surface area contributed by atoms with E-state index in [0.717, 1.165) is 10.9 Å². The number of carbonyl (C=O) groups excluding carboxylic acids is 1. The lowest BCUT2D eigenvalue weighted by Gasteiger charge is -2.31. The van der Waals surface area contributed by atoms with Crippen LogP contribution in [0.25, 0.3) is 22.3 Å². The minimum atomic E-state index is -2.11. The summed E-state index contributed by atoms with van der Waals surface area (Å²) in [5, 5.41) is 14.0. The maximum absolute atomic E-state index is 15.2. The molecule has 2 aliphatic heterocycles. The van der Waals surface area contributed by atoms with E-state index < -0.39 is 27.7 Å². The van der Waals surface area contributed by atoms with Crippen molar-refractivity contribution in [3.8, 4) is 11.4 Å². The van der Waals surface area contributed by atoms with Gasteiger partial charge in [0.1, 0.15) is 12.4 Å². The molecular formula is C26H31FN2O4Si2. The molecule has 0 unspecified atom stereocenters. The number of aromatic nitrogens is 2. The Balaban J connectivity index is 1.93. The number of carbonyl (C=O) groups is 1. The summed E-state index contributed by atoms with van der Waals surface area (Å²) in [4.78, 5) is 31.1. The Morgan fingerprint density at radius 3 is 2.34 bits per heavy atom. The molecule has 5 rings (SSSR count). The van der Waals surface area contributed by atoms with E-state index in [1.54, 1.807) is 23.6 Å². The van der Waals surface area contributed by atoms with Crippen molar-refractivity contribution in [3.05, 3.63) is 51.1 Å². The highest BCUT2D eigenvalue weighted by Crippen LogP contribution is 2.39. The van der Waals surface area contributed by atoms with Crippen molar-refractivity contribution in [2.45, 2.75) is 71.4 Å². The van der Waals surface area contributed by atoms with Crippen LogP contribution in [0.2, 0.25) is 39.3 Å². The molecule has 0 amide bonds. The summed E-state index contributed by atoms with van der Waals surface area (Å²) in [6.07, 6.45) is 0.0882. The highest BCUT2D eigenvalue weighted by atomic mass is 28.3. The fraction of sp³-hybridized carbons (Fsp3) is 0.423. The van der Waals surface area contributed by atoms with E-state index in [9.17, 15) is 14.7 Å². The van der Waals surface area contributed by atoms with Gasteiger partial charge in [0.05, 0.1) is 45.2 Å². The molecule has 35 heavy (non-hydrogen) atoms. The molecule has 1 atom stereocenters. The minimum absolute atomic E-state index is 0.0882. The first-order chi connectivity index (χ1) is 16.2. The van der Waals surface area contributed by atoms with Crippen LogP contribution in [0.3, 0.4) is 0 Å². The van der Waals surface area contributed by atoms with Crippen LogP contribution in [0.1, 0.15) is 30.0 Å². The standard InChI is InChI=1S/C26H31FN2O4Si2/c1-8-26(32)17-11-19-20-15(12-29(19)24(30)16(17)13-33-25(26)31)22(34(2,3)4)14-9-10-18(27)23(21(14)28-20)35(5,6)7/h9-11,32H,8,12-13H2,1-7H3/t26-/m0/s1. The molecule has 0 fully saturated rings. The molecular weight excluding hydrogens is 479 g/mol. The molecule has 1 N–H and O–H groups in total. The lowest BCUT2D eigenvalue weighted by molar-refractivity contribution is -0.172. The molecule has 1 aromatic carbocycles. The Morgan fingerprint density at radius 1 is 1.09 bits per heavy atom. The van der Waals surface area contributed by atoms with Crippen molar-refractivity contribution >= 4 is 43.4 Å². The van der Waals surface area contributed by atoms with E-state index >= 15 is 4.39 Å². The highest BCUT2D eigenvalue weighted by Gasteiger charge is 2.46. The van der Waals surface area contributed by atoms with E-state index in [1.807, 2.05) is 6.07 Å². The fourth-order valence-electron chi connectivity index (χ4n) is 5.69. The number of hydrogen-bond donors (Lipinski definition) is 1. The zero-order valence-corrected chi connectivity index (χ0v) is 23.3. The summed E-state index contributed by atoms with van der Waals surface area (Å²) >= 11 is 0. The molecule has 9 heteroatoms. The number of hydrogen-bond acceptors (Lipinski definition) is 5. The minimum Gasteiger partial charge on any atom is -0.458 e. The highest BCUT2D eigenvalue weighted by molar-refractivity contribution is 6.92. The Hall–Kier alpha value is -2.63. The molecule has 184 valence electrons. The first-order valence-electron chi connectivity index (χ1n) is 12.0. The summed E-state index contributed by atoms with van der Waals surface area (Å²) < 4.78 is 22.1. The van der Waals surface area contributed by atoms with Crippen LogP contribution in [0, 0.1) is 5.82 Å². The second kappa shape index (κ2) is 7.44. The number of rotatable bonds is 3. The Bertz CT molecular complexity index is 1500. The van der Waals surface area contributed by atoms with Crippen LogP contribution in [0.5, 0.6) is 0 Å². The molecule has 0 aliphatic carbocycles. The monoisotopic (exact) mass is 510 g/mol. The summed E-state index contributed by atoms with van der Waals surface area (Å²) in [5.74, 6) is -0.984. The number of ether oxygens (including phenoxy) is 1. The van der Waals surface area contributed by atoms with Gasteiger partial charge in [-0.1, -0.05) is 52.3 Å². The van der Waals surface area contributed by atoms with Gasteiger partial charge in [-0.05, 0) is 34.7 Å². The van der Waals surface area contributed by atoms with Crippen LogP contribution >= 0.6 is 0 Å². The predicted octanol–water partition coefficient (Wildman–Crippen LogP) is 3.31. The zero-order chi connectivity index (χ0) is 25.7. The maximum atomic E-state index is 15.2. The van der Waals surface area contributed by atoms with Gasteiger partial charge in [-0.3, -0.25) is 4.79 Å². The third-order valence-corrected chi connectivity index (χ3v) is 11.4. The number of pyridine rings is 2. The summed E-state index contributed by atoms with van der Waals surface area (Å²) in [5.41, 5.74) is 1.31. The molecule has 0 bridgehead atoms. The average molecular weight is 511 g/mol. The molecule has 2 aliphatic rings. The molecule has 6 nitrogen and oxygen atoms in total. The SMILES string of the molecule is CC[C@@]1(O)C(=O)OCc2c1cc1n(c2=O)Cc2c-1nc1c([Si](C)(C)C)c(F)ccc1c2[Si](C)(C)C. The van der Waals surface area contributed by atoms with Gasteiger partial charge in [0.2, 0.25) is 0 Å². The molecule has 2 aromatic heterocycles. The van der Waals surface area contributed by atoms with Crippen LogP contribution in [0.15, 0.2) is 23.0 Å². The predicted molar refractivity (Wildman–Crippen MR) is 140 cm³/mol. The number of aliphatic hydroxyl groups is 1. The molecule has 4 heterocycles. The van der Waals surface area contributed by atoms with Gasteiger partial charge in [-0.15, -0.1) is 0 Å². The first kappa shape index (κ1) is 24.1. The van der Waals surface area contributed by atoms with E-state index in [-0.39, 0.29) is 24.4 Å². The largest absolute Gasteiger partial charge is 0.458 e. The van der Waals surface area contributed by atoms with Gasteiger partial charge < -0.3 is 14.4 Å². The third-order valence-electron chi connectivity index (χ3n) is 7.31.